The Kier molecular flexibility index (Phi) is 3.49. The zero-order chi connectivity index (χ0) is 12.3. The van der Waals surface area contributed by atoms with Crippen molar-refractivity contribution in [1.29, 1.82) is 0 Å². The van der Waals surface area contributed by atoms with Crippen molar-refractivity contribution in [2.75, 3.05) is 0 Å². The summed E-state index contributed by atoms with van der Waals surface area (Å²) < 4.78 is 32.2. The molecule has 2 rings (SSSR count). The van der Waals surface area contributed by atoms with Gasteiger partial charge in [0.05, 0.1) is 6.26 Å². The highest BCUT2D eigenvalue weighted by Gasteiger charge is 2.42. The molecule has 2 aromatic rings. The van der Waals surface area contributed by atoms with Gasteiger partial charge in [-0.15, -0.1) is 0 Å². The zero-order valence-electron chi connectivity index (χ0n) is 8.72. The molecule has 1 aromatic carbocycles. The van der Waals surface area contributed by atoms with Crippen LogP contribution in [-0.4, -0.2) is 10.4 Å². The number of aliphatic hydroxyl groups is 1. The predicted octanol–water partition coefficient (Wildman–Crippen LogP) is 3.70. The third-order valence-corrected chi connectivity index (χ3v) is 3.13. The Morgan fingerprint density at radius 2 is 1.82 bits per heavy atom. The molecule has 17 heavy (non-hydrogen) atoms. The fraction of sp³-hybridized carbons (Fsp3) is 0.167. The molecule has 1 heterocycles. The number of hydrogen-bond donors (Lipinski definition) is 1. The van der Waals surface area contributed by atoms with Crippen LogP contribution in [0.4, 0.5) is 8.78 Å². The first-order valence-corrected chi connectivity index (χ1v) is 5.74. The zero-order valence-corrected chi connectivity index (χ0v) is 9.53. The molecule has 0 aliphatic carbocycles. The van der Waals surface area contributed by atoms with Crippen LogP contribution >= 0.6 is 11.8 Å². The molecule has 5 heteroatoms. The summed E-state index contributed by atoms with van der Waals surface area (Å²) in [6.45, 7) is 0. The molecule has 1 N–H and O–H groups in total. The summed E-state index contributed by atoms with van der Waals surface area (Å²) in [4.78, 5) is 0.392. The molecule has 0 aliphatic heterocycles. The number of thioether (sulfide) groups is 1. The van der Waals surface area contributed by atoms with Crippen LogP contribution < -0.4 is 0 Å². The van der Waals surface area contributed by atoms with Crippen LogP contribution in [0, 0.1) is 0 Å². The van der Waals surface area contributed by atoms with E-state index in [1.165, 1.54) is 18.4 Å². The monoisotopic (exact) mass is 256 g/mol. The quantitative estimate of drug-likeness (QED) is 0.847. The van der Waals surface area contributed by atoms with E-state index in [9.17, 15) is 13.9 Å². The number of rotatable bonds is 4. The fourth-order valence-electron chi connectivity index (χ4n) is 1.31. The van der Waals surface area contributed by atoms with Gasteiger partial charge in [0.2, 0.25) is 0 Å². The molecule has 0 spiro atoms. The van der Waals surface area contributed by atoms with Gasteiger partial charge in [-0.05, 0) is 36.0 Å². The van der Waals surface area contributed by atoms with Crippen LogP contribution in [0.3, 0.4) is 0 Å². The first-order chi connectivity index (χ1) is 8.09. The lowest BCUT2D eigenvalue weighted by Gasteiger charge is -2.20. The molecule has 1 atom stereocenters. The van der Waals surface area contributed by atoms with Crippen LogP contribution in [0.15, 0.2) is 58.0 Å². The average molecular weight is 256 g/mol. The van der Waals surface area contributed by atoms with Crippen molar-refractivity contribution >= 4 is 11.8 Å². The van der Waals surface area contributed by atoms with Gasteiger partial charge in [0, 0.05) is 4.90 Å². The number of benzene rings is 1. The van der Waals surface area contributed by atoms with Crippen LogP contribution in [0.2, 0.25) is 0 Å². The average Bonchev–Trinajstić information content (AvgIpc) is 2.82. The minimum Gasteiger partial charge on any atom is -0.466 e. The summed E-state index contributed by atoms with van der Waals surface area (Å²) in [7, 11) is 0. The summed E-state index contributed by atoms with van der Waals surface area (Å²) in [6, 6.07) is 11.0. The van der Waals surface area contributed by atoms with E-state index in [0.717, 1.165) is 0 Å². The van der Waals surface area contributed by atoms with Gasteiger partial charge in [0.25, 0.3) is 0 Å². The second-order valence-corrected chi connectivity index (χ2v) is 4.61. The lowest BCUT2D eigenvalue weighted by atomic mass is 10.3. The van der Waals surface area contributed by atoms with Crippen LogP contribution in [0.25, 0.3) is 0 Å². The molecule has 0 bridgehead atoms. The van der Waals surface area contributed by atoms with E-state index in [2.05, 4.69) is 0 Å². The smallest absolute Gasteiger partial charge is 0.330 e. The van der Waals surface area contributed by atoms with Gasteiger partial charge in [-0.1, -0.05) is 18.2 Å². The van der Waals surface area contributed by atoms with E-state index in [-0.39, 0.29) is 5.76 Å². The van der Waals surface area contributed by atoms with Crippen molar-refractivity contribution < 1.29 is 18.3 Å². The summed E-state index contributed by atoms with van der Waals surface area (Å²) in [5.74, 6) is -0.140. The third kappa shape index (κ3) is 2.87. The Morgan fingerprint density at radius 3 is 2.41 bits per heavy atom. The van der Waals surface area contributed by atoms with Crippen LogP contribution in [0.1, 0.15) is 11.9 Å². The molecule has 0 fully saturated rings. The maximum Gasteiger partial charge on any atom is 0.330 e. The van der Waals surface area contributed by atoms with Crippen molar-refractivity contribution in [3.63, 3.8) is 0 Å². The molecular weight excluding hydrogens is 246 g/mol. The largest absolute Gasteiger partial charge is 0.466 e. The summed E-state index contributed by atoms with van der Waals surface area (Å²) >= 11 is 0.309. The van der Waals surface area contributed by atoms with E-state index in [0.29, 0.717) is 16.7 Å². The molecule has 0 radical (unpaired) electrons. The van der Waals surface area contributed by atoms with E-state index >= 15 is 0 Å². The summed E-state index contributed by atoms with van der Waals surface area (Å²) in [5, 5.41) is 6.20. The molecule has 1 unspecified atom stereocenters. The van der Waals surface area contributed by atoms with Crippen molar-refractivity contribution in [1.82, 2.24) is 0 Å². The van der Waals surface area contributed by atoms with Crippen LogP contribution in [-0.2, 0) is 0 Å². The standard InChI is InChI=1S/C12H10F2O2S/c13-12(14,11(15)10-7-4-8-16-10)17-9-5-2-1-3-6-9/h1-8,11,15H. The van der Waals surface area contributed by atoms with E-state index in [1.807, 2.05) is 0 Å². The highest BCUT2D eigenvalue weighted by Crippen LogP contribution is 2.44. The summed E-state index contributed by atoms with van der Waals surface area (Å²) in [5.41, 5.74) is 0. The van der Waals surface area contributed by atoms with Crippen molar-refractivity contribution in [2.45, 2.75) is 16.3 Å². The molecular formula is C12H10F2O2S. The molecule has 90 valence electrons. The van der Waals surface area contributed by atoms with Gasteiger partial charge in [0.1, 0.15) is 5.76 Å². The molecule has 0 aliphatic rings. The molecule has 1 aromatic heterocycles. The lowest BCUT2D eigenvalue weighted by Crippen LogP contribution is -2.21. The van der Waals surface area contributed by atoms with Crippen molar-refractivity contribution in [3.05, 3.63) is 54.5 Å². The Hall–Kier alpha value is -1.33. The molecule has 2 nitrogen and oxygen atoms in total. The van der Waals surface area contributed by atoms with Gasteiger partial charge >= 0.3 is 5.25 Å². The highest BCUT2D eigenvalue weighted by atomic mass is 32.2. The highest BCUT2D eigenvalue weighted by molar-refractivity contribution is 8.00. The van der Waals surface area contributed by atoms with Crippen LogP contribution in [0.5, 0.6) is 0 Å². The SMILES string of the molecule is OC(c1ccco1)C(F)(F)Sc1ccccc1. The number of halogens is 2. The minimum atomic E-state index is -3.33. The molecule has 0 saturated carbocycles. The second kappa shape index (κ2) is 4.89. The maximum absolute atomic E-state index is 13.7. The Labute approximate surface area is 101 Å². The Bertz CT molecular complexity index is 457. The van der Waals surface area contributed by atoms with E-state index in [1.54, 1.807) is 30.3 Å². The van der Waals surface area contributed by atoms with Gasteiger partial charge in [0.15, 0.2) is 6.10 Å². The van der Waals surface area contributed by atoms with Crippen molar-refractivity contribution in [2.24, 2.45) is 0 Å². The van der Waals surface area contributed by atoms with Crippen molar-refractivity contribution in [3.8, 4) is 0 Å². The first-order valence-electron chi connectivity index (χ1n) is 4.93. The molecule has 0 amide bonds. The number of furan rings is 1. The lowest BCUT2D eigenvalue weighted by molar-refractivity contribution is -0.0460. The Morgan fingerprint density at radius 1 is 1.12 bits per heavy atom. The number of hydrogen-bond acceptors (Lipinski definition) is 3. The predicted molar refractivity (Wildman–Crippen MR) is 60.9 cm³/mol. The van der Waals surface area contributed by atoms with Gasteiger partial charge in [-0.2, -0.15) is 8.78 Å². The molecule has 0 saturated heterocycles. The number of alkyl halides is 2. The Balaban J connectivity index is 2.14. The van der Waals surface area contributed by atoms with Gasteiger partial charge in [-0.25, -0.2) is 0 Å². The number of aliphatic hydroxyl groups excluding tert-OH is 1. The maximum atomic E-state index is 13.7. The van der Waals surface area contributed by atoms with E-state index in [4.69, 9.17) is 4.42 Å². The normalized spacial score (nSPS) is 13.6. The fourth-order valence-corrected chi connectivity index (χ4v) is 2.15. The van der Waals surface area contributed by atoms with E-state index < -0.39 is 11.4 Å². The minimum absolute atomic E-state index is 0.140. The van der Waals surface area contributed by atoms with Gasteiger partial charge < -0.3 is 9.52 Å². The summed E-state index contributed by atoms with van der Waals surface area (Å²) in [6.07, 6.45) is -0.704. The first kappa shape index (κ1) is 12.1. The topological polar surface area (TPSA) is 33.4 Å². The third-order valence-electron chi connectivity index (χ3n) is 2.13. The van der Waals surface area contributed by atoms with Gasteiger partial charge in [-0.3, -0.25) is 0 Å². The second-order valence-electron chi connectivity index (χ2n) is 3.39.